The molecule has 3 aliphatic rings. The lowest BCUT2D eigenvalue weighted by Gasteiger charge is -2.36. The van der Waals surface area contributed by atoms with E-state index in [1.165, 1.54) is 16.8 Å². The third-order valence-electron chi connectivity index (χ3n) is 6.37. The van der Waals surface area contributed by atoms with E-state index in [-0.39, 0.29) is 17.8 Å². The lowest BCUT2D eigenvalue weighted by Crippen LogP contribution is -2.42. The average Bonchev–Trinajstić information content (AvgIpc) is 3.14. The summed E-state index contributed by atoms with van der Waals surface area (Å²) in [4.78, 5) is 14.5. The van der Waals surface area contributed by atoms with Crippen molar-refractivity contribution in [2.24, 2.45) is 0 Å². The van der Waals surface area contributed by atoms with Gasteiger partial charge in [-0.3, -0.25) is 4.90 Å². The van der Waals surface area contributed by atoms with Gasteiger partial charge in [-0.15, -0.1) is 12.4 Å². The minimum Gasteiger partial charge on any atom is -0.378 e. The molecular weight excluding hydrogens is 388 g/mol. The Hall–Kier alpha value is -1.73. The van der Waals surface area contributed by atoms with Gasteiger partial charge in [0.2, 0.25) is 5.95 Å². The Morgan fingerprint density at radius 3 is 2.76 bits per heavy atom. The molecule has 156 valence electrons. The van der Waals surface area contributed by atoms with E-state index in [4.69, 9.17) is 14.5 Å². The van der Waals surface area contributed by atoms with Crippen molar-refractivity contribution in [1.29, 1.82) is 0 Å². The topological polar surface area (TPSA) is 50.7 Å². The van der Waals surface area contributed by atoms with Crippen LogP contribution in [0.3, 0.4) is 0 Å². The van der Waals surface area contributed by atoms with Crippen molar-refractivity contribution >= 4 is 18.4 Å². The molecule has 2 aromatic rings. The quantitative estimate of drug-likeness (QED) is 0.766. The van der Waals surface area contributed by atoms with Crippen molar-refractivity contribution in [2.45, 2.75) is 31.9 Å². The van der Waals surface area contributed by atoms with Crippen molar-refractivity contribution in [3.05, 3.63) is 52.8 Å². The first-order valence-electron chi connectivity index (χ1n) is 10.3. The van der Waals surface area contributed by atoms with E-state index >= 15 is 0 Å². The Labute approximate surface area is 178 Å². The van der Waals surface area contributed by atoms with E-state index in [2.05, 4.69) is 46.0 Å². The summed E-state index contributed by atoms with van der Waals surface area (Å²) < 4.78 is 11.5. The van der Waals surface area contributed by atoms with Gasteiger partial charge >= 0.3 is 0 Å². The second-order valence-corrected chi connectivity index (χ2v) is 8.30. The molecule has 0 N–H and O–H groups in total. The molecule has 3 aliphatic heterocycles. The van der Waals surface area contributed by atoms with Crippen LogP contribution in [-0.2, 0) is 28.0 Å². The zero-order chi connectivity index (χ0) is 19.0. The van der Waals surface area contributed by atoms with Crippen LogP contribution in [0.15, 0.2) is 30.5 Å². The molecule has 4 heterocycles. The predicted octanol–water partition coefficient (Wildman–Crippen LogP) is 2.72. The van der Waals surface area contributed by atoms with Gasteiger partial charge < -0.3 is 14.4 Å². The number of fused-ring (bicyclic) bond motifs is 2. The number of likely N-dealkylation sites (tertiary alicyclic amines) is 1. The molecule has 0 aliphatic carbocycles. The Balaban J connectivity index is 0.00000205. The van der Waals surface area contributed by atoms with E-state index in [1.54, 1.807) is 0 Å². The molecule has 7 heteroatoms. The molecule has 1 aromatic heterocycles. The first-order chi connectivity index (χ1) is 13.7. The summed E-state index contributed by atoms with van der Waals surface area (Å²) in [5, 5.41) is 0. The predicted molar refractivity (Wildman–Crippen MR) is 115 cm³/mol. The highest BCUT2D eigenvalue weighted by Crippen LogP contribution is 2.40. The molecule has 5 rings (SSSR count). The van der Waals surface area contributed by atoms with Crippen molar-refractivity contribution in [1.82, 2.24) is 14.9 Å². The number of ether oxygens (including phenoxy) is 2. The lowest BCUT2D eigenvalue weighted by molar-refractivity contribution is 0.0502. The summed E-state index contributed by atoms with van der Waals surface area (Å²) in [5.41, 5.74) is 5.12. The number of hydrogen-bond acceptors (Lipinski definition) is 6. The van der Waals surface area contributed by atoms with Crippen molar-refractivity contribution in [3.63, 3.8) is 0 Å². The van der Waals surface area contributed by atoms with E-state index in [0.29, 0.717) is 6.61 Å². The zero-order valence-corrected chi connectivity index (χ0v) is 17.8. The molecule has 1 unspecified atom stereocenters. The number of benzene rings is 1. The standard InChI is InChI=1S/C22H28N4O2.ClH/c1-17-4-2-3-5-18(17)13-25-7-6-22(15-25)16-28-14-19-12-23-21(24-20(19)22)26-8-10-27-11-9-26;/h2-5,12H,6-11,13-16H2,1H3;1H. The molecule has 29 heavy (non-hydrogen) atoms. The number of hydrogen-bond donors (Lipinski definition) is 0. The van der Waals surface area contributed by atoms with Gasteiger partial charge in [0, 0.05) is 37.9 Å². The van der Waals surface area contributed by atoms with E-state index in [0.717, 1.165) is 70.5 Å². The number of anilines is 1. The van der Waals surface area contributed by atoms with Gasteiger partial charge in [0.05, 0.1) is 37.5 Å². The monoisotopic (exact) mass is 416 g/mol. The second kappa shape index (κ2) is 8.56. The molecular formula is C22H29ClN4O2. The number of morpholine rings is 1. The highest BCUT2D eigenvalue weighted by atomic mass is 35.5. The Bertz CT molecular complexity index is 858. The summed E-state index contributed by atoms with van der Waals surface area (Å²) in [6, 6.07) is 8.68. The van der Waals surface area contributed by atoms with Gasteiger partial charge in [0.15, 0.2) is 0 Å². The molecule has 6 nitrogen and oxygen atoms in total. The normalized spacial score (nSPS) is 24.4. The molecule has 2 fully saturated rings. The third-order valence-corrected chi connectivity index (χ3v) is 6.37. The van der Waals surface area contributed by atoms with Crippen LogP contribution >= 0.6 is 12.4 Å². The largest absolute Gasteiger partial charge is 0.378 e. The Morgan fingerprint density at radius 1 is 1.10 bits per heavy atom. The third kappa shape index (κ3) is 3.99. The van der Waals surface area contributed by atoms with Crippen LogP contribution in [-0.4, -0.2) is 60.9 Å². The van der Waals surface area contributed by atoms with Crippen LogP contribution in [0.1, 0.15) is 28.8 Å². The van der Waals surface area contributed by atoms with Gasteiger partial charge in [-0.05, 0) is 31.0 Å². The molecule has 0 bridgehead atoms. The first-order valence-corrected chi connectivity index (χ1v) is 10.3. The number of aryl methyl sites for hydroxylation is 1. The molecule has 2 saturated heterocycles. The van der Waals surface area contributed by atoms with E-state index in [1.807, 2.05) is 6.20 Å². The second-order valence-electron chi connectivity index (χ2n) is 8.30. The van der Waals surface area contributed by atoms with Crippen LogP contribution in [0, 0.1) is 6.92 Å². The van der Waals surface area contributed by atoms with E-state index in [9.17, 15) is 0 Å². The van der Waals surface area contributed by atoms with Crippen LogP contribution in [0.4, 0.5) is 5.95 Å². The van der Waals surface area contributed by atoms with Crippen molar-refractivity contribution < 1.29 is 9.47 Å². The number of rotatable bonds is 3. The first kappa shape index (κ1) is 20.5. The van der Waals surface area contributed by atoms with Gasteiger partial charge in [-0.1, -0.05) is 24.3 Å². The number of aromatic nitrogens is 2. The molecule has 1 atom stereocenters. The Kier molecular flexibility index (Phi) is 6.06. The highest BCUT2D eigenvalue weighted by molar-refractivity contribution is 5.85. The number of nitrogens with zero attached hydrogens (tertiary/aromatic N) is 4. The molecule has 0 radical (unpaired) electrons. The van der Waals surface area contributed by atoms with Gasteiger partial charge in [-0.2, -0.15) is 0 Å². The van der Waals surface area contributed by atoms with Gasteiger partial charge in [0.25, 0.3) is 0 Å². The summed E-state index contributed by atoms with van der Waals surface area (Å²) in [5.74, 6) is 0.848. The fraction of sp³-hybridized carbons (Fsp3) is 0.545. The average molecular weight is 417 g/mol. The SMILES string of the molecule is Cc1ccccc1CN1CCC2(COCc3cnc(N4CCOCC4)nc32)C1.Cl. The fourth-order valence-electron chi connectivity index (χ4n) is 4.74. The molecule has 1 spiro atoms. The van der Waals surface area contributed by atoms with Crippen LogP contribution in [0.2, 0.25) is 0 Å². The molecule has 0 amide bonds. The van der Waals surface area contributed by atoms with Crippen LogP contribution < -0.4 is 4.90 Å². The smallest absolute Gasteiger partial charge is 0.225 e. The maximum Gasteiger partial charge on any atom is 0.225 e. The molecule has 1 aromatic carbocycles. The minimum absolute atomic E-state index is 0. The van der Waals surface area contributed by atoms with Crippen molar-refractivity contribution in [3.8, 4) is 0 Å². The maximum atomic E-state index is 6.00. The summed E-state index contributed by atoms with van der Waals surface area (Å²) in [6.07, 6.45) is 3.07. The van der Waals surface area contributed by atoms with Crippen molar-refractivity contribution in [2.75, 3.05) is 50.9 Å². The van der Waals surface area contributed by atoms with Crippen LogP contribution in [0.25, 0.3) is 0 Å². The number of halogens is 1. The summed E-state index contributed by atoms with van der Waals surface area (Å²) in [7, 11) is 0. The minimum atomic E-state index is -0.0136. The lowest BCUT2D eigenvalue weighted by atomic mass is 9.80. The highest BCUT2D eigenvalue weighted by Gasteiger charge is 2.45. The molecule has 0 saturated carbocycles. The Morgan fingerprint density at radius 2 is 1.93 bits per heavy atom. The van der Waals surface area contributed by atoms with Gasteiger partial charge in [-0.25, -0.2) is 9.97 Å². The van der Waals surface area contributed by atoms with Crippen LogP contribution in [0.5, 0.6) is 0 Å². The fourth-order valence-corrected chi connectivity index (χ4v) is 4.74. The zero-order valence-electron chi connectivity index (χ0n) is 17.0. The maximum absolute atomic E-state index is 6.00. The summed E-state index contributed by atoms with van der Waals surface area (Å²) in [6.45, 7) is 9.86. The summed E-state index contributed by atoms with van der Waals surface area (Å²) >= 11 is 0. The van der Waals surface area contributed by atoms with E-state index < -0.39 is 0 Å². The van der Waals surface area contributed by atoms with Gasteiger partial charge in [0.1, 0.15) is 0 Å².